The van der Waals surface area contributed by atoms with Crippen LogP contribution in [0.15, 0.2) is 40.6 Å². The highest BCUT2D eigenvalue weighted by Crippen LogP contribution is 2.13. The summed E-state index contributed by atoms with van der Waals surface area (Å²) in [6.07, 6.45) is 8.04. The molecule has 4 rings (SSSR count). The predicted molar refractivity (Wildman–Crippen MR) is 102 cm³/mol. The van der Waals surface area contributed by atoms with Gasteiger partial charge < -0.3 is 0 Å². The number of hydrogen-bond donors (Lipinski definition) is 0. The number of nitrogens with zero attached hydrogens (tertiary/aromatic N) is 8. The van der Waals surface area contributed by atoms with Crippen LogP contribution in [0.2, 0.25) is 0 Å². The van der Waals surface area contributed by atoms with E-state index in [0.717, 1.165) is 0 Å². The molecule has 4 aromatic rings. The van der Waals surface area contributed by atoms with Crippen molar-refractivity contribution in [2.75, 3.05) is 0 Å². The molecule has 28 heavy (non-hydrogen) atoms. The van der Waals surface area contributed by atoms with Crippen molar-refractivity contribution in [3.63, 3.8) is 0 Å². The van der Waals surface area contributed by atoms with Crippen LogP contribution in [0.25, 0.3) is 21.8 Å². The van der Waals surface area contributed by atoms with Crippen LogP contribution >= 0.6 is 0 Å². The van der Waals surface area contributed by atoms with E-state index in [4.69, 9.17) is 0 Å². The van der Waals surface area contributed by atoms with Crippen molar-refractivity contribution < 1.29 is 0 Å². The molecule has 0 bridgehead atoms. The molecule has 0 saturated heterocycles. The van der Waals surface area contributed by atoms with Gasteiger partial charge in [0.25, 0.3) is 11.1 Å². The average molecular weight is 378 g/mol. The minimum Gasteiger partial charge on any atom is -0.267 e. The third-order valence-corrected chi connectivity index (χ3v) is 4.50. The molecule has 4 aromatic heterocycles. The van der Waals surface area contributed by atoms with Crippen molar-refractivity contribution in [1.82, 2.24) is 39.7 Å². The second-order valence-electron chi connectivity index (χ2n) is 6.89. The molecular weight excluding hydrogens is 360 g/mol. The molecule has 0 N–H and O–H groups in total. The maximum atomic E-state index is 12.7. The highest BCUT2D eigenvalue weighted by molar-refractivity contribution is 5.78. The minimum absolute atomic E-state index is 0.0789. The van der Waals surface area contributed by atoms with Gasteiger partial charge in [-0.05, 0) is 20.8 Å². The Balaban J connectivity index is 1.72. The Kier molecular flexibility index (Phi) is 4.38. The van der Waals surface area contributed by atoms with E-state index in [9.17, 15) is 9.59 Å². The van der Waals surface area contributed by atoms with Crippen LogP contribution in [0.5, 0.6) is 0 Å². The standard InChI is InChI=1S/C18H18N8O2/c1-10(2)25-18(28)16-15(9-23-25)19-7-13(24-16)4-11(3)26-17(27)14-8-21-20-5-12(14)6-22-26/h5-11H,4H2,1-3H3. The Hall–Kier alpha value is -3.56. The van der Waals surface area contributed by atoms with Crippen molar-refractivity contribution in [1.29, 1.82) is 0 Å². The second-order valence-corrected chi connectivity index (χ2v) is 6.89. The Morgan fingerprint density at radius 3 is 2.43 bits per heavy atom. The third-order valence-electron chi connectivity index (χ3n) is 4.50. The zero-order chi connectivity index (χ0) is 19.8. The molecule has 142 valence electrons. The first-order valence-corrected chi connectivity index (χ1v) is 8.87. The molecule has 0 radical (unpaired) electrons. The first-order valence-electron chi connectivity index (χ1n) is 8.87. The van der Waals surface area contributed by atoms with E-state index < -0.39 is 0 Å². The van der Waals surface area contributed by atoms with Crippen LogP contribution in [0.3, 0.4) is 0 Å². The summed E-state index contributed by atoms with van der Waals surface area (Å²) in [6, 6.07) is -0.365. The normalized spacial score (nSPS) is 12.7. The summed E-state index contributed by atoms with van der Waals surface area (Å²) in [6.45, 7) is 5.61. The van der Waals surface area contributed by atoms with Crippen LogP contribution < -0.4 is 11.1 Å². The van der Waals surface area contributed by atoms with Crippen LogP contribution in [0.1, 0.15) is 38.5 Å². The second kappa shape index (κ2) is 6.87. The minimum atomic E-state index is -0.286. The van der Waals surface area contributed by atoms with Crippen molar-refractivity contribution in [3.8, 4) is 0 Å². The van der Waals surface area contributed by atoms with Gasteiger partial charge in [-0.1, -0.05) is 0 Å². The Bertz CT molecular complexity index is 1290. The maximum absolute atomic E-state index is 12.7. The van der Waals surface area contributed by atoms with Gasteiger partial charge >= 0.3 is 0 Å². The van der Waals surface area contributed by atoms with Crippen LogP contribution in [-0.4, -0.2) is 39.7 Å². The lowest BCUT2D eigenvalue weighted by atomic mass is 10.2. The Morgan fingerprint density at radius 1 is 0.893 bits per heavy atom. The van der Waals surface area contributed by atoms with Crippen molar-refractivity contribution >= 4 is 21.8 Å². The molecule has 0 fully saturated rings. The molecule has 0 aliphatic carbocycles. The van der Waals surface area contributed by atoms with Gasteiger partial charge in [0.2, 0.25) is 0 Å². The highest BCUT2D eigenvalue weighted by atomic mass is 16.1. The van der Waals surface area contributed by atoms with E-state index in [1.165, 1.54) is 28.0 Å². The van der Waals surface area contributed by atoms with E-state index >= 15 is 0 Å². The average Bonchev–Trinajstić information content (AvgIpc) is 2.69. The SMILES string of the molecule is CC(C)n1ncc2ncc(CC(C)n3ncc4cnncc4c3=O)nc2c1=O. The zero-order valence-corrected chi connectivity index (χ0v) is 15.6. The Labute approximate surface area is 158 Å². The smallest absolute Gasteiger partial charge is 0.267 e. The molecule has 0 saturated carbocycles. The summed E-state index contributed by atoms with van der Waals surface area (Å²) in [7, 11) is 0. The molecule has 0 spiro atoms. The van der Waals surface area contributed by atoms with Gasteiger partial charge in [0.1, 0.15) is 5.52 Å². The van der Waals surface area contributed by atoms with Crippen molar-refractivity contribution in [2.45, 2.75) is 39.3 Å². The summed E-state index contributed by atoms with van der Waals surface area (Å²) in [4.78, 5) is 34.0. The largest absolute Gasteiger partial charge is 0.295 e. The van der Waals surface area contributed by atoms with E-state index in [-0.39, 0.29) is 28.7 Å². The molecule has 1 atom stereocenters. The summed E-state index contributed by atoms with van der Waals surface area (Å²) in [5.41, 5.74) is 0.773. The Morgan fingerprint density at radius 2 is 1.64 bits per heavy atom. The first kappa shape index (κ1) is 17.8. The number of hydrogen-bond acceptors (Lipinski definition) is 8. The fraction of sp³-hybridized carbons (Fsp3) is 0.333. The van der Waals surface area contributed by atoms with E-state index in [1.54, 1.807) is 12.4 Å². The highest BCUT2D eigenvalue weighted by Gasteiger charge is 2.15. The quantitative estimate of drug-likeness (QED) is 0.517. The summed E-state index contributed by atoms with van der Waals surface area (Å²) >= 11 is 0. The van der Waals surface area contributed by atoms with Gasteiger partial charge in [0.15, 0.2) is 5.52 Å². The van der Waals surface area contributed by atoms with Gasteiger partial charge in [-0.25, -0.2) is 14.3 Å². The van der Waals surface area contributed by atoms with E-state index in [0.29, 0.717) is 28.4 Å². The zero-order valence-electron chi connectivity index (χ0n) is 15.6. The van der Waals surface area contributed by atoms with E-state index in [2.05, 4.69) is 30.4 Å². The molecule has 0 aliphatic rings. The fourth-order valence-electron chi connectivity index (χ4n) is 3.05. The summed E-state index contributed by atoms with van der Waals surface area (Å²) in [5.74, 6) is 0. The third kappa shape index (κ3) is 3.02. The van der Waals surface area contributed by atoms with Crippen molar-refractivity contribution in [3.05, 3.63) is 57.4 Å². The van der Waals surface area contributed by atoms with Crippen LogP contribution in [0, 0.1) is 0 Å². The lowest BCUT2D eigenvalue weighted by molar-refractivity contribution is 0.463. The molecule has 10 heteroatoms. The molecule has 1 unspecified atom stereocenters. The summed E-state index contributed by atoms with van der Waals surface area (Å²) < 4.78 is 2.76. The molecule has 0 aliphatic heterocycles. The fourth-order valence-corrected chi connectivity index (χ4v) is 3.05. The van der Waals surface area contributed by atoms with Crippen LogP contribution in [0.4, 0.5) is 0 Å². The van der Waals surface area contributed by atoms with Gasteiger partial charge in [-0.15, -0.1) is 0 Å². The number of aromatic nitrogens is 8. The number of fused-ring (bicyclic) bond motifs is 2. The molecule has 0 aromatic carbocycles. The molecule has 0 amide bonds. The summed E-state index contributed by atoms with van der Waals surface area (Å²) in [5, 5.41) is 17.0. The number of rotatable bonds is 4. The maximum Gasteiger partial charge on any atom is 0.295 e. The topological polar surface area (TPSA) is 121 Å². The van der Waals surface area contributed by atoms with Gasteiger partial charge in [0.05, 0.1) is 48.0 Å². The molecule has 4 heterocycles. The molecule has 10 nitrogen and oxygen atoms in total. The van der Waals surface area contributed by atoms with E-state index in [1.807, 2.05) is 20.8 Å². The molecular formula is C18H18N8O2. The monoisotopic (exact) mass is 378 g/mol. The lowest BCUT2D eigenvalue weighted by Gasteiger charge is -2.14. The van der Waals surface area contributed by atoms with Gasteiger partial charge in [-0.2, -0.15) is 20.4 Å². The van der Waals surface area contributed by atoms with Gasteiger partial charge in [0, 0.05) is 18.0 Å². The first-order chi connectivity index (χ1) is 13.5. The van der Waals surface area contributed by atoms with Crippen molar-refractivity contribution in [2.24, 2.45) is 0 Å². The lowest BCUT2D eigenvalue weighted by Crippen LogP contribution is -2.28. The van der Waals surface area contributed by atoms with Crippen LogP contribution in [-0.2, 0) is 6.42 Å². The van der Waals surface area contributed by atoms with Gasteiger partial charge in [-0.3, -0.25) is 14.6 Å². The predicted octanol–water partition coefficient (Wildman–Crippen LogP) is 1.07.